The first-order valence-electron chi connectivity index (χ1n) is 8.86. The third-order valence-electron chi connectivity index (χ3n) is 4.52. The fourth-order valence-corrected chi connectivity index (χ4v) is 4.64. The van der Waals surface area contributed by atoms with Crippen LogP contribution in [0.3, 0.4) is 0 Å². The van der Waals surface area contributed by atoms with Crippen LogP contribution < -0.4 is 0 Å². The van der Waals surface area contributed by atoms with Crippen LogP contribution in [0.15, 0.2) is 46.5 Å². The lowest BCUT2D eigenvalue weighted by Gasteiger charge is -2.05. The predicted molar refractivity (Wildman–Crippen MR) is 111 cm³/mol. The van der Waals surface area contributed by atoms with Crippen LogP contribution in [0.5, 0.6) is 0 Å². The van der Waals surface area contributed by atoms with Gasteiger partial charge in [0, 0.05) is 22.9 Å². The molecule has 0 radical (unpaired) electrons. The van der Waals surface area contributed by atoms with Crippen LogP contribution in [0, 0.1) is 10.1 Å². The van der Waals surface area contributed by atoms with Crippen molar-refractivity contribution in [1.82, 2.24) is 28.5 Å². The van der Waals surface area contributed by atoms with Gasteiger partial charge in [-0.25, -0.2) is 4.98 Å². The Labute approximate surface area is 172 Å². The Morgan fingerprint density at radius 3 is 2.86 bits per heavy atom. The minimum absolute atomic E-state index is 0.0760. The molecule has 3 aromatic heterocycles. The van der Waals surface area contributed by atoms with Gasteiger partial charge in [-0.05, 0) is 30.3 Å². The van der Waals surface area contributed by atoms with Gasteiger partial charge in [0.2, 0.25) is 5.16 Å². The molecule has 0 bridgehead atoms. The minimum atomic E-state index is -0.449. The van der Waals surface area contributed by atoms with E-state index in [1.807, 2.05) is 24.3 Å². The fourth-order valence-electron chi connectivity index (χ4n) is 3.33. The Morgan fingerprint density at radius 2 is 2.03 bits per heavy atom. The van der Waals surface area contributed by atoms with Crippen LogP contribution in [0.2, 0.25) is 0 Å². The van der Waals surface area contributed by atoms with Gasteiger partial charge in [-0.2, -0.15) is 8.75 Å². The van der Waals surface area contributed by atoms with E-state index < -0.39 is 4.92 Å². The lowest BCUT2D eigenvalue weighted by Crippen LogP contribution is -2.00. The molecule has 0 amide bonds. The van der Waals surface area contributed by atoms with Gasteiger partial charge >= 0.3 is 0 Å². The Hall–Kier alpha value is -3.18. The molecule has 144 valence electrons. The lowest BCUT2D eigenvalue weighted by molar-refractivity contribution is -0.383. The summed E-state index contributed by atoms with van der Waals surface area (Å²) in [6.45, 7) is 2.93. The number of aromatic nitrogens is 6. The number of nitro benzene ring substituents is 1. The van der Waals surface area contributed by atoms with Crippen molar-refractivity contribution < 1.29 is 4.92 Å². The molecule has 0 aliphatic rings. The van der Waals surface area contributed by atoms with Crippen molar-refractivity contribution in [2.45, 2.75) is 29.9 Å². The molecule has 0 fully saturated rings. The standard InChI is InChI=1S/C18H13N7O2S2/c1-2-7-24-13-6-4-3-5-11(13)15-17(24)19-18(21-20-15)28-10-8-12-16(23-29-22-12)14(9-10)25(26)27/h3-6,8-9H,2,7H2,1H3. The maximum Gasteiger partial charge on any atom is 0.299 e. The third-order valence-corrected chi connectivity index (χ3v) is 5.89. The van der Waals surface area contributed by atoms with E-state index in [1.54, 1.807) is 6.07 Å². The molecule has 0 spiro atoms. The molecule has 2 aromatic carbocycles. The van der Waals surface area contributed by atoms with E-state index in [2.05, 4.69) is 30.4 Å². The van der Waals surface area contributed by atoms with Gasteiger partial charge in [0.25, 0.3) is 5.69 Å². The van der Waals surface area contributed by atoms with Crippen LogP contribution in [0.4, 0.5) is 5.69 Å². The summed E-state index contributed by atoms with van der Waals surface area (Å²) in [6, 6.07) is 11.3. The number of nitrogens with zero attached hydrogens (tertiary/aromatic N) is 7. The second kappa shape index (κ2) is 7.01. The van der Waals surface area contributed by atoms with Crippen molar-refractivity contribution in [1.29, 1.82) is 0 Å². The third kappa shape index (κ3) is 2.98. The first-order chi connectivity index (χ1) is 14.2. The Bertz CT molecular complexity index is 1400. The van der Waals surface area contributed by atoms with Gasteiger partial charge < -0.3 is 4.57 Å². The highest BCUT2D eigenvalue weighted by atomic mass is 32.2. The zero-order valence-electron chi connectivity index (χ0n) is 15.1. The van der Waals surface area contributed by atoms with Crippen molar-refractivity contribution in [3.8, 4) is 0 Å². The summed E-state index contributed by atoms with van der Waals surface area (Å²) in [5.74, 6) is 0. The molecule has 5 aromatic rings. The predicted octanol–water partition coefficient (Wildman–Crippen LogP) is 4.45. The fraction of sp³-hybridized carbons (Fsp3) is 0.167. The van der Waals surface area contributed by atoms with Crippen LogP contribution in [-0.2, 0) is 6.54 Å². The van der Waals surface area contributed by atoms with E-state index in [1.165, 1.54) is 17.8 Å². The number of hydrogen-bond acceptors (Lipinski definition) is 9. The molecule has 0 saturated heterocycles. The van der Waals surface area contributed by atoms with E-state index in [0.29, 0.717) is 21.1 Å². The molecule has 3 heterocycles. The summed E-state index contributed by atoms with van der Waals surface area (Å²) in [6.07, 6.45) is 0.958. The number of rotatable bonds is 5. The van der Waals surface area contributed by atoms with E-state index in [4.69, 9.17) is 4.98 Å². The maximum absolute atomic E-state index is 11.4. The van der Waals surface area contributed by atoms with Crippen LogP contribution in [-0.4, -0.2) is 33.4 Å². The second-order valence-corrected chi connectivity index (χ2v) is 7.94. The first-order valence-corrected chi connectivity index (χ1v) is 10.4. The first kappa shape index (κ1) is 17.9. The summed E-state index contributed by atoms with van der Waals surface area (Å²) in [7, 11) is 0. The molecule has 0 atom stereocenters. The number of fused-ring (bicyclic) bond motifs is 4. The highest BCUT2D eigenvalue weighted by molar-refractivity contribution is 7.99. The van der Waals surface area contributed by atoms with Gasteiger partial charge in [-0.3, -0.25) is 10.1 Å². The molecule has 5 rings (SSSR count). The van der Waals surface area contributed by atoms with Crippen molar-refractivity contribution in [3.05, 3.63) is 46.5 Å². The number of non-ortho nitro benzene ring substituents is 1. The van der Waals surface area contributed by atoms with E-state index in [-0.39, 0.29) is 5.69 Å². The number of hydrogen-bond donors (Lipinski definition) is 0. The maximum atomic E-state index is 11.4. The van der Waals surface area contributed by atoms with Crippen molar-refractivity contribution in [3.63, 3.8) is 0 Å². The summed E-state index contributed by atoms with van der Waals surface area (Å²) >= 11 is 2.17. The number of benzene rings is 2. The number of aryl methyl sites for hydroxylation is 1. The highest BCUT2D eigenvalue weighted by Crippen LogP contribution is 2.34. The molecule has 0 aliphatic carbocycles. The second-order valence-electron chi connectivity index (χ2n) is 6.37. The summed E-state index contributed by atoms with van der Waals surface area (Å²) in [4.78, 5) is 16.3. The van der Waals surface area contributed by atoms with Crippen LogP contribution in [0.1, 0.15) is 13.3 Å². The summed E-state index contributed by atoms with van der Waals surface area (Å²) < 4.78 is 10.3. The van der Waals surface area contributed by atoms with Gasteiger partial charge in [0.1, 0.15) is 11.0 Å². The van der Waals surface area contributed by atoms with Gasteiger partial charge in [-0.1, -0.05) is 25.1 Å². The molecule has 9 nitrogen and oxygen atoms in total. The van der Waals surface area contributed by atoms with Gasteiger partial charge in [0.05, 0.1) is 22.2 Å². The lowest BCUT2D eigenvalue weighted by atomic mass is 10.2. The van der Waals surface area contributed by atoms with Crippen LogP contribution >= 0.6 is 23.5 Å². The average Bonchev–Trinajstić information content (AvgIpc) is 3.31. The van der Waals surface area contributed by atoms with E-state index in [0.717, 1.165) is 46.8 Å². The monoisotopic (exact) mass is 423 g/mol. The van der Waals surface area contributed by atoms with Gasteiger partial charge in [0.15, 0.2) is 11.2 Å². The zero-order valence-corrected chi connectivity index (χ0v) is 16.8. The molecule has 0 unspecified atom stereocenters. The average molecular weight is 423 g/mol. The van der Waals surface area contributed by atoms with Crippen molar-refractivity contribution in [2.24, 2.45) is 0 Å². The summed E-state index contributed by atoms with van der Waals surface area (Å²) in [5, 5.41) is 21.5. The molecular weight excluding hydrogens is 410 g/mol. The Morgan fingerprint density at radius 1 is 1.17 bits per heavy atom. The Kier molecular flexibility index (Phi) is 4.32. The minimum Gasteiger partial charge on any atom is -0.324 e. The molecule has 0 saturated carbocycles. The van der Waals surface area contributed by atoms with Crippen molar-refractivity contribution in [2.75, 3.05) is 0 Å². The highest BCUT2D eigenvalue weighted by Gasteiger charge is 2.19. The molecule has 0 aliphatic heterocycles. The topological polar surface area (TPSA) is 113 Å². The quantitative estimate of drug-likeness (QED) is 0.301. The molecular formula is C18H13N7O2S2. The normalized spacial score (nSPS) is 11.6. The molecule has 29 heavy (non-hydrogen) atoms. The molecule has 11 heteroatoms. The summed E-state index contributed by atoms with van der Waals surface area (Å²) in [5.41, 5.74) is 3.29. The van der Waals surface area contributed by atoms with E-state index in [9.17, 15) is 10.1 Å². The van der Waals surface area contributed by atoms with Gasteiger partial charge in [-0.15, -0.1) is 10.2 Å². The largest absolute Gasteiger partial charge is 0.324 e. The Balaban J connectivity index is 1.63. The van der Waals surface area contributed by atoms with E-state index >= 15 is 0 Å². The number of para-hydroxylation sites is 1. The van der Waals surface area contributed by atoms with Crippen LogP contribution in [0.25, 0.3) is 33.1 Å². The SMILES string of the molecule is CCCn1c2ccccc2c2nnc(Sc3cc([N+](=O)[O-])c4nsnc4c3)nc21. The zero-order chi connectivity index (χ0) is 20.0. The number of nitro groups is 1. The smallest absolute Gasteiger partial charge is 0.299 e. The molecule has 0 N–H and O–H groups in total. The van der Waals surface area contributed by atoms with Crippen molar-refractivity contribution >= 4 is 62.3 Å².